The highest BCUT2D eigenvalue weighted by atomic mass is 16.1. The van der Waals surface area contributed by atoms with Gasteiger partial charge in [0.05, 0.1) is 11.4 Å². The van der Waals surface area contributed by atoms with Gasteiger partial charge in [-0.15, -0.1) is 0 Å². The molecule has 1 amide bonds. The summed E-state index contributed by atoms with van der Waals surface area (Å²) in [4.78, 5) is 22.3. The predicted molar refractivity (Wildman–Crippen MR) is 75.1 cm³/mol. The van der Waals surface area contributed by atoms with Crippen LogP contribution < -0.4 is 10.2 Å². The van der Waals surface area contributed by atoms with Gasteiger partial charge >= 0.3 is 0 Å². The maximum atomic E-state index is 11.0. The molecule has 1 aromatic rings. The SMILES string of the molecule is CC(=O)NC[C@@H]1CCCN(c2nc(C)cnc2C)C1. The fraction of sp³-hybridized carbons (Fsp3) is 0.643. The molecule has 0 aromatic carbocycles. The molecule has 5 heteroatoms. The monoisotopic (exact) mass is 262 g/mol. The third kappa shape index (κ3) is 3.66. The van der Waals surface area contributed by atoms with Crippen LogP contribution in [0.5, 0.6) is 0 Å². The van der Waals surface area contributed by atoms with Gasteiger partial charge in [0.25, 0.3) is 0 Å². The van der Waals surface area contributed by atoms with Gasteiger partial charge in [0, 0.05) is 32.8 Å². The Morgan fingerprint density at radius 3 is 3.05 bits per heavy atom. The Morgan fingerprint density at radius 2 is 2.32 bits per heavy atom. The van der Waals surface area contributed by atoms with E-state index >= 15 is 0 Å². The lowest BCUT2D eigenvalue weighted by molar-refractivity contribution is -0.119. The number of rotatable bonds is 3. The highest BCUT2D eigenvalue weighted by Crippen LogP contribution is 2.23. The Labute approximate surface area is 114 Å². The summed E-state index contributed by atoms with van der Waals surface area (Å²) in [5, 5.41) is 2.91. The fourth-order valence-electron chi connectivity index (χ4n) is 2.54. The number of amides is 1. The van der Waals surface area contributed by atoms with E-state index in [2.05, 4.69) is 20.2 Å². The highest BCUT2D eigenvalue weighted by Gasteiger charge is 2.22. The van der Waals surface area contributed by atoms with Crippen LogP contribution in [0.1, 0.15) is 31.2 Å². The van der Waals surface area contributed by atoms with E-state index in [0.29, 0.717) is 5.92 Å². The Morgan fingerprint density at radius 1 is 1.53 bits per heavy atom. The summed E-state index contributed by atoms with van der Waals surface area (Å²) < 4.78 is 0. The van der Waals surface area contributed by atoms with Crippen molar-refractivity contribution in [2.75, 3.05) is 24.5 Å². The second kappa shape index (κ2) is 5.99. The molecule has 0 unspecified atom stereocenters. The van der Waals surface area contributed by atoms with Crippen molar-refractivity contribution in [3.8, 4) is 0 Å². The molecule has 1 fully saturated rings. The van der Waals surface area contributed by atoms with Gasteiger partial charge in [-0.3, -0.25) is 9.78 Å². The average molecular weight is 262 g/mol. The topological polar surface area (TPSA) is 58.1 Å². The summed E-state index contributed by atoms with van der Waals surface area (Å²) in [6, 6.07) is 0. The molecule has 1 aliphatic heterocycles. The lowest BCUT2D eigenvalue weighted by atomic mass is 9.98. The largest absolute Gasteiger partial charge is 0.356 e. The first kappa shape index (κ1) is 13.8. The zero-order chi connectivity index (χ0) is 13.8. The summed E-state index contributed by atoms with van der Waals surface area (Å²) in [6.45, 7) is 8.25. The number of hydrogen-bond acceptors (Lipinski definition) is 4. The number of aryl methyl sites for hydroxylation is 2. The van der Waals surface area contributed by atoms with Gasteiger partial charge in [-0.25, -0.2) is 4.98 Å². The molecule has 2 heterocycles. The zero-order valence-electron chi connectivity index (χ0n) is 11.9. The van der Waals surface area contributed by atoms with Crippen molar-refractivity contribution in [2.24, 2.45) is 5.92 Å². The predicted octanol–water partition coefficient (Wildman–Crippen LogP) is 1.45. The molecule has 1 aliphatic rings. The molecule has 0 spiro atoms. The molecule has 0 bridgehead atoms. The van der Waals surface area contributed by atoms with Crippen molar-refractivity contribution in [2.45, 2.75) is 33.6 Å². The minimum Gasteiger partial charge on any atom is -0.356 e. The molecule has 1 saturated heterocycles. The molecule has 1 aromatic heterocycles. The van der Waals surface area contributed by atoms with E-state index < -0.39 is 0 Å². The summed E-state index contributed by atoms with van der Waals surface area (Å²) >= 11 is 0. The molecule has 104 valence electrons. The first-order valence-electron chi connectivity index (χ1n) is 6.86. The van der Waals surface area contributed by atoms with Gasteiger partial charge in [0.15, 0.2) is 0 Å². The fourth-order valence-corrected chi connectivity index (χ4v) is 2.54. The Kier molecular flexibility index (Phi) is 4.35. The molecule has 0 saturated carbocycles. The smallest absolute Gasteiger partial charge is 0.216 e. The maximum Gasteiger partial charge on any atom is 0.216 e. The number of nitrogens with one attached hydrogen (secondary N) is 1. The van der Waals surface area contributed by atoms with Crippen LogP contribution in [0.2, 0.25) is 0 Å². The molecule has 19 heavy (non-hydrogen) atoms. The molecular weight excluding hydrogens is 240 g/mol. The van der Waals surface area contributed by atoms with Crippen LogP contribution >= 0.6 is 0 Å². The Balaban J connectivity index is 2.04. The van der Waals surface area contributed by atoms with Crippen LogP contribution in [0.15, 0.2) is 6.20 Å². The molecule has 2 rings (SSSR count). The van der Waals surface area contributed by atoms with E-state index in [1.165, 1.54) is 0 Å². The molecule has 0 aliphatic carbocycles. The van der Waals surface area contributed by atoms with Gasteiger partial charge in [-0.2, -0.15) is 0 Å². The molecule has 0 radical (unpaired) electrons. The third-order valence-corrected chi connectivity index (χ3v) is 3.51. The van der Waals surface area contributed by atoms with Crippen molar-refractivity contribution in [3.63, 3.8) is 0 Å². The number of carbonyl (C=O) groups excluding carboxylic acids is 1. The van der Waals surface area contributed by atoms with E-state index in [1.54, 1.807) is 13.1 Å². The van der Waals surface area contributed by atoms with Gasteiger partial charge in [0.2, 0.25) is 5.91 Å². The van der Waals surface area contributed by atoms with Crippen molar-refractivity contribution < 1.29 is 4.79 Å². The summed E-state index contributed by atoms with van der Waals surface area (Å²) in [5.74, 6) is 1.54. The summed E-state index contributed by atoms with van der Waals surface area (Å²) in [6.07, 6.45) is 4.10. The van der Waals surface area contributed by atoms with E-state index in [0.717, 1.165) is 49.7 Å². The van der Waals surface area contributed by atoms with Crippen molar-refractivity contribution in [1.29, 1.82) is 0 Å². The van der Waals surface area contributed by atoms with Crippen molar-refractivity contribution in [1.82, 2.24) is 15.3 Å². The number of carbonyl (C=O) groups is 1. The molecule has 1 atom stereocenters. The molecular formula is C14H22N4O. The van der Waals surface area contributed by atoms with E-state index in [-0.39, 0.29) is 5.91 Å². The second-order valence-electron chi connectivity index (χ2n) is 5.31. The normalized spacial score (nSPS) is 19.3. The zero-order valence-corrected chi connectivity index (χ0v) is 11.9. The van der Waals surface area contributed by atoms with Crippen LogP contribution in [0.25, 0.3) is 0 Å². The van der Waals surface area contributed by atoms with E-state index in [4.69, 9.17) is 0 Å². The van der Waals surface area contributed by atoms with Gasteiger partial charge in [-0.1, -0.05) is 0 Å². The number of nitrogens with zero attached hydrogens (tertiary/aromatic N) is 3. The Bertz CT molecular complexity index is 461. The van der Waals surface area contributed by atoms with Gasteiger partial charge in [0.1, 0.15) is 5.82 Å². The van der Waals surface area contributed by atoms with E-state index in [9.17, 15) is 4.79 Å². The second-order valence-corrected chi connectivity index (χ2v) is 5.31. The number of piperidine rings is 1. The quantitative estimate of drug-likeness (QED) is 0.895. The third-order valence-electron chi connectivity index (χ3n) is 3.51. The minimum absolute atomic E-state index is 0.0450. The van der Waals surface area contributed by atoms with Crippen LogP contribution in [0.4, 0.5) is 5.82 Å². The summed E-state index contributed by atoms with van der Waals surface area (Å²) in [7, 11) is 0. The summed E-state index contributed by atoms with van der Waals surface area (Å²) in [5.41, 5.74) is 1.93. The van der Waals surface area contributed by atoms with Gasteiger partial charge in [-0.05, 0) is 32.6 Å². The Hall–Kier alpha value is -1.65. The standard InChI is InChI=1S/C14H22N4O/c1-10-7-15-11(2)14(17-10)18-6-4-5-13(9-18)8-16-12(3)19/h7,13H,4-6,8-9H2,1-3H3,(H,16,19)/t13-/m0/s1. The first-order chi connectivity index (χ1) is 9.06. The van der Waals surface area contributed by atoms with Crippen LogP contribution in [-0.4, -0.2) is 35.5 Å². The van der Waals surface area contributed by atoms with Crippen LogP contribution in [-0.2, 0) is 4.79 Å². The van der Waals surface area contributed by atoms with Gasteiger partial charge < -0.3 is 10.2 Å². The molecule has 5 nitrogen and oxygen atoms in total. The minimum atomic E-state index is 0.0450. The van der Waals surface area contributed by atoms with E-state index in [1.807, 2.05) is 13.8 Å². The highest BCUT2D eigenvalue weighted by molar-refractivity contribution is 5.72. The van der Waals surface area contributed by atoms with Crippen molar-refractivity contribution >= 4 is 11.7 Å². The number of anilines is 1. The first-order valence-corrected chi connectivity index (χ1v) is 6.86. The lowest BCUT2D eigenvalue weighted by Crippen LogP contribution is -2.41. The lowest BCUT2D eigenvalue weighted by Gasteiger charge is -2.34. The number of aromatic nitrogens is 2. The van der Waals surface area contributed by atoms with Crippen LogP contribution in [0, 0.1) is 19.8 Å². The van der Waals surface area contributed by atoms with Crippen LogP contribution in [0.3, 0.4) is 0 Å². The van der Waals surface area contributed by atoms with Crippen molar-refractivity contribution in [3.05, 3.63) is 17.6 Å². The maximum absolute atomic E-state index is 11.0. The molecule has 1 N–H and O–H groups in total. The number of hydrogen-bond donors (Lipinski definition) is 1. The average Bonchev–Trinajstić information content (AvgIpc) is 2.39.